The molecule has 5 rings (SSSR count). The first-order chi connectivity index (χ1) is 17.7. The van der Waals surface area contributed by atoms with Crippen LogP contribution in [0.1, 0.15) is 31.4 Å². The molecule has 0 bridgehead atoms. The lowest BCUT2D eigenvalue weighted by atomic mass is 10.0. The zero-order chi connectivity index (χ0) is 26.4. The number of nitrogens with zero attached hydrogens (tertiary/aromatic N) is 4. The SMILES string of the molecule is C[C@@H]1CN(CCc2cccc3c2n(C)c(=O)n3C2CCC(=O)NC2=O)CCN1c1cc(F)c(Br)cc1F. The van der Waals surface area contributed by atoms with Gasteiger partial charge in [-0.3, -0.25) is 28.9 Å². The molecule has 3 heterocycles. The molecule has 2 amide bonds. The van der Waals surface area contributed by atoms with E-state index in [0.717, 1.165) is 23.7 Å². The summed E-state index contributed by atoms with van der Waals surface area (Å²) in [6.45, 7) is 4.66. The molecule has 196 valence electrons. The number of carbonyl (C=O) groups excluding carboxylic acids is 2. The highest BCUT2D eigenvalue weighted by Crippen LogP contribution is 2.29. The van der Waals surface area contributed by atoms with Gasteiger partial charge in [0.05, 0.1) is 21.2 Å². The molecule has 1 unspecified atom stereocenters. The van der Waals surface area contributed by atoms with E-state index in [1.165, 1.54) is 10.6 Å². The van der Waals surface area contributed by atoms with Crippen LogP contribution in [0.5, 0.6) is 0 Å². The lowest BCUT2D eigenvalue weighted by Gasteiger charge is -2.41. The fraction of sp³-hybridized carbons (Fsp3) is 0.423. The molecule has 1 aromatic heterocycles. The fourth-order valence-corrected chi connectivity index (χ4v) is 5.87. The third-order valence-electron chi connectivity index (χ3n) is 7.42. The van der Waals surface area contributed by atoms with Crippen molar-refractivity contribution in [1.82, 2.24) is 19.4 Å². The minimum absolute atomic E-state index is 0.0161. The van der Waals surface area contributed by atoms with Crippen molar-refractivity contribution in [2.24, 2.45) is 7.05 Å². The number of imide groups is 1. The number of imidazole rings is 1. The summed E-state index contributed by atoms with van der Waals surface area (Å²) in [5.41, 5.74) is 2.41. The number of rotatable bonds is 5. The fourth-order valence-electron chi connectivity index (χ4n) is 5.56. The molecule has 2 atom stereocenters. The number of halogens is 3. The number of para-hydroxylation sites is 1. The number of carbonyl (C=O) groups is 2. The van der Waals surface area contributed by atoms with Crippen molar-refractivity contribution in [3.63, 3.8) is 0 Å². The molecule has 0 saturated carbocycles. The molecular formula is C26H28BrF2N5O3. The number of piperazine rings is 1. The summed E-state index contributed by atoms with van der Waals surface area (Å²) in [6, 6.07) is 7.35. The summed E-state index contributed by atoms with van der Waals surface area (Å²) >= 11 is 3.03. The minimum atomic E-state index is -0.720. The number of nitrogens with one attached hydrogen (secondary N) is 1. The average molecular weight is 576 g/mol. The highest BCUT2D eigenvalue weighted by Gasteiger charge is 2.32. The van der Waals surface area contributed by atoms with Gasteiger partial charge in [0.15, 0.2) is 0 Å². The second-order valence-electron chi connectivity index (χ2n) is 9.77. The summed E-state index contributed by atoms with van der Waals surface area (Å²) < 4.78 is 31.8. The number of aryl methyl sites for hydroxylation is 1. The maximum Gasteiger partial charge on any atom is 0.329 e. The van der Waals surface area contributed by atoms with Gasteiger partial charge in [0.1, 0.15) is 17.7 Å². The molecule has 2 fully saturated rings. The van der Waals surface area contributed by atoms with Crippen LogP contribution in [0.4, 0.5) is 14.5 Å². The monoisotopic (exact) mass is 575 g/mol. The lowest BCUT2D eigenvalue weighted by molar-refractivity contribution is -0.135. The highest BCUT2D eigenvalue weighted by molar-refractivity contribution is 9.10. The van der Waals surface area contributed by atoms with Gasteiger partial charge >= 0.3 is 5.69 Å². The van der Waals surface area contributed by atoms with Gasteiger partial charge in [-0.15, -0.1) is 0 Å². The number of anilines is 1. The quantitative estimate of drug-likeness (QED) is 0.373. The molecule has 3 aromatic rings. The molecule has 2 aliphatic rings. The van der Waals surface area contributed by atoms with E-state index in [1.807, 2.05) is 30.0 Å². The molecule has 8 nitrogen and oxygen atoms in total. The number of hydrogen-bond donors (Lipinski definition) is 1. The van der Waals surface area contributed by atoms with E-state index in [4.69, 9.17) is 0 Å². The molecule has 0 spiro atoms. The Morgan fingerprint density at radius 3 is 2.62 bits per heavy atom. The van der Waals surface area contributed by atoms with E-state index in [1.54, 1.807) is 11.6 Å². The van der Waals surface area contributed by atoms with E-state index < -0.39 is 23.6 Å². The van der Waals surface area contributed by atoms with E-state index in [9.17, 15) is 23.2 Å². The van der Waals surface area contributed by atoms with Crippen LogP contribution in [0.3, 0.4) is 0 Å². The first-order valence-corrected chi connectivity index (χ1v) is 13.1. The van der Waals surface area contributed by atoms with Gasteiger partial charge in [-0.05, 0) is 53.4 Å². The number of aromatic nitrogens is 2. The topological polar surface area (TPSA) is 79.6 Å². The van der Waals surface area contributed by atoms with E-state index in [-0.39, 0.29) is 34.2 Å². The lowest BCUT2D eigenvalue weighted by Crippen LogP contribution is -2.52. The van der Waals surface area contributed by atoms with E-state index in [2.05, 4.69) is 26.1 Å². The second kappa shape index (κ2) is 10.0. The molecule has 0 radical (unpaired) electrons. The predicted octanol–water partition coefficient (Wildman–Crippen LogP) is 3.11. The van der Waals surface area contributed by atoms with E-state index in [0.29, 0.717) is 38.0 Å². The summed E-state index contributed by atoms with van der Waals surface area (Å²) in [4.78, 5) is 41.4. The number of benzene rings is 2. The summed E-state index contributed by atoms with van der Waals surface area (Å²) in [7, 11) is 1.70. The van der Waals surface area contributed by atoms with Crippen LogP contribution in [-0.4, -0.2) is 58.1 Å². The van der Waals surface area contributed by atoms with Crippen LogP contribution >= 0.6 is 15.9 Å². The van der Waals surface area contributed by atoms with Gasteiger partial charge in [0.2, 0.25) is 11.8 Å². The molecule has 2 aliphatic heterocycles. The Bertz CT molecular complexity index is 1450. The second-order valence-corrected chi connectivity index (χ2v) is 10.6. The van der Waals surface area contributed by atoms with Crippen molar-refractivity contribution < 1.29 is 18.4 Å². The van der Waals surface area contributed by atoms with Crippen molar-refractivity contribution >= 4 is 44.5 Å². The Morgan fingerprint density at radius 2 is 1.89 bits per heavy atom. The normalized spacial score (nSPS) is 21.1. The molecule has 37 heavy (non-hydrogen) atoms. The molecule has 1 N–H and O–H groups in total. The first kappa shape index (κ1) is 25.6. The summed E-state index contributed by atoms with van der Waals surface area (Å²) in [6.07, 6.45) is 1.16. The van der Waals surface area contributed by atoms with Crippen LogP contribution in [-0.2, 0) is 23.1 Å². The number of fused-ring (bicyclic) bond motifs is 1. The molecule has 11 heteroatoms. The third-order valence-corrected chi connectivity index (χ3v) is 8.02. The van der Waals surface area contributed by atoms with Crippen LogP contribution in [0.25, 0.3) is 11.0 Å². The zero-order valence-electron chi connectivity index (χ0n) is 20.6. The predicted molar refractivity (Wildman–Crippen MR) is 140 cm³/mol. The van der Waals surface area contributed by atoms with Gasteiger partial charge in [-0.25, -0.2) is 13.6 Å². The van der Waals surface area contributed by atoms with Crippen LogP contribution in [0.15, 0.2) is 39.6 Å². The maximum atomic E-state index is 14.5. The van der Waals surface area contributed by atoms with Gasteiger partial charge in [0, 0.05) is 51.8 Å². The van der Waals surface area contributed by atoms with Gasteiger partial charge in [-0.2, -0.15) is 0 Å². The Kier molecular flexibility index (Phi) is 6.93. The van der Waals surface area contributed by atoms with Gasteiger partial charge < -0.3 is 4.90 Å². The van der Waals surface area contributed by atoms with Crippen LogP contribution < -0.4 is 15.9 Å². The minimum Gasteiger partial charge on any atom is -0.364 e. The first-order valence-electron chi connectivity index (χ1n) is 12.3. The highest BCUT2D eigenvalue weighted by atomic mass is 79.9. The van der Waals surface area contributed by atoms with Crippen molar-refractivity contribution in [2.45, 2.75) is 38.3 Å². The molecule has 2 saturated heterocycles. The average Bonchev–Trinajstić information content (AvgIpc) is 3.11. The van der Waals surface area contributed by atoms with Gasteiger partial charge in [-0.1, -0.05) is 12.1 Å². The largest absolute Gasteiger partial charge is 0.364 e. The van der Waals surface area contributed by atoms with Crippen LogP contribution in [0, 0.1) is 11.6 Å². The number of amides is 2. The van der Waals surface area contributed by atoms with Crippen molar-refractivity contribution in [2.75, 3.05) is 31.1 Å². The standard InChI is InChI=1S/C26H28BrF2N5O3/c1-15-14-32(10-11-33(15)22-13-18(28)17(27)12-19(22)29)9-8-16-4-3-5-20-24(16)31(2)26(37)34(20)21-6-7-23(35)30-25(21)36/h3-5,12-13,15,21H,6-11,14H2,1-2H3,(H,30,35,36)/t15-,21?/m1/s1. The smallest absolute Gasteiger partial charge is 0.329 e. The molecule has 2 aromatic carbocycles. The third kappa shape index (κ3) is 4.70. The van der Waals surface area contributed by atoms with Gasteiger partial charge in [0.25, 0.3) is 0 Å². The summed E-state index contributed by atoms with van der Waals surface area (Å²) in [5, 5.41) is 2.34. The Balaban J connectivity index is 1.33. The van der Waals surface area contributed by atoms with E-state index >= 15 is 0 Å². The van der Waals surface area contributed by atoms with Crippen molar-refractivity contribution in [3.05, 3.63) is 62.5 Å². The Labute approximate surface area is 221 Å². The van der Waals surface area contributed by atoms with Crippen molar-refractivity contribution in [3.8, 4) is 0 Å². The number of piperidine rings is 1. The summed E-state index contributed by atoms with van der Waals surface area (Å²) in [5.74, 6) is -1.72. The Morgan fingerprint density at radius 1 is 1.11 bits per heavy atom. The number of hydrogen-bond acceptors (Lipinski definition) is 5. The van der Waals surface area contributed by atoms with Crippen LogP contribution in [0.2, 0.25) is 0 Å². The molecule has 0 aliphatic carbocycles. The zero-order valence-corrected chi connectivity index (χ0v) is 22.2. The Hall–Kier alpha value is -3.05. The molecular weight excluding hydrogens is 548 g/mol. The van der Waals surface area contributed by atoms with Crippen molar-refractivity contribution in [1.29, 1.82) is 0 Å². The maximum absolute atomic E-state index is 14.5.